The molecule has 0 aliphatic heterocycles. The number of aliphatic carboxylic acids is 2. The van der Waals surface area contributed by atoms with Crippen molar-refractivity contribution in [2.24, 2.45) is 11.3 Å². The van der Waals surface area contributed by atoms with E-state index in [4.69, 9.17) is 0 Å². The molecule has 2 N–H and O–H groups in total. The second-order valence-electron chi connectivity index (χ2n) is 5.76. The molecule has 110 valence electrons. The maximum absolute atomic E-state index is 11.6. The Morgan fingerprint density at radius 3 is 2.37 bits per heavy atom. The van der Waals surface area contributed by atoms with Crippen molar-refractivity contribution in [3.8, 4) is 0 Å². The lowest BCUT2D eigenvalue weighted by Gasteiger charge is -2.38. The zero-order chi connectivity index (χ0) is 14.3. The van der Waals surface area contributed by atoms with Gasteiger partial charge in [-0.2, -0.15) is 0 Å². The topological polar surface area (TPSA) is 74.6 Å². The van der Waals surface area contributed by atoms with E-state index >= 15 is 0 Å². The Morgan fingerprint density at radius 2 is 1.79 bits per heavy atom. The van der Waals surface area contributed by atoms with E-state index in [9.17, 15) is 19.8 Å². The normalized spacial score (nSPS) is 27.1. The lowest BCUT2D eigenvalue weighted by molar-refractivity contribution is -0.166. The number of hydrogen-bond donors (Lipinski definition) is 2. The molecule has 19 heavy (non-hydrogen) atoms. The lowest BCUT2D eigenvalue weighted by Crippen LogP contribution is -2.44. The monoisotopic (exact) mass is 270 g/mol. The average molecular weight is 270 g/mol. The largest absolute Gasteiger partial charge is 0.481 e. The molecule has 0 aromatic carbocycles. The van der Waals surface area contributed by atoms with Crippen LogP contribution in [0.3, 0.4) is 0 Å². The predicted octanol–water partition coefficient (Wildman–Crippen LogP) is 3.69. The van der Waals surface area contributed by atoms with Crippen LogP contribution in [0.15, 0.2) is 0 Å². The van der Waals surface area contributed by atoms with Gasteiger partial charge in [-0.25, -0.2) is 0 Å². The van der Waals surface area contributed by atoms with Crippen LogP contribution in [-0.2, 0) is 9.59 Å². The number of carbonyl (C=O) groups is 2. The summed E-state index contributed by atoms with van der Waals surface area (Å²) in [5.41, 5.74) is -1.02. The quantitative estimate of drug-likeness (QED) is 0.659. The first kappa shape index (κ1) is 16.0. The van der Waals surface area contributed by atoms with Crippen LogP contribution in [-0.4, -0.2) is 22.2 Å². The Morgan fingerprint density at radius 1 is 1.11 bits per heavy atom. The molecule has 2 unspecified atom stereocenters. The summed E-state index contributed by atoms with van der Waals surface area (Å²) in [7, 11) is 0. The molecule has 1 rings (SSSR count). The summed E-state index contributed by atoms with van der Waals surface area (Å²) < 4.78 is 0. The van der Waals surface area contributed by atoms with Gasteiger partial charge in [0.2, 0.25) is 0 Å². The van der Waals surface area contributed by atoms with Crippen LogP contribution in [0.25, 0.3) is 0 Å². The van der Waals surface area contributed by atoms with Crippen molar-refractivity contribution >= 4 is 11.9 Å². The van der Waals surface area contributed by atoms with Crippen molar-refractivity contribution in [2.75, 3.05) is 0 Å². The fourth-order valence-corrected chi connectivity index (χ4v) is 3.31. The molecule has 0 heterocycles. The van der Waals surface area contributed by atoms with Gasteiger partial charge in [-0.1, -0.05) is 51.9 Å². The third-order valence-corrected chi connectivity index (χ3v) is 4.48. The minimum atomic E-state index is -1.02. The van der Waals surface area contributed by atoms with Gasteiger partial charge in [-0.3, -0.25) is 9.59 Å². The van der Waals surface area contributed by atoms with Gasteiger partial charge in [0.25, 0.3) is 0 Å². The van der Waals surface area contributed by atoms with E-state index < -0.39 is 23.3 Å². The first-order valence-corrected chi connectivity index (χ1v) is 7.51. The Balaban J connectivity index is 2.66. The lowest BCUT2D eigenvalue weighted by atomic mass is 9.63. The standard InChI is InChI=1S/C15H26O4/c1-2-3-4-5-7-10-15(14(18)19)11-8-6-9-12(15)13(16)17/h12H,2-11H2,1H3,(H,16,17)(H,18,19). The van der Waals surface area contributed by atoms with E-state index in [1.54, 1.807) is 0 Å². The molecule has 0 aromatic rings. The molecule has 0 aromatic heterocycles. The van der Waals surface area contributed by atoms with E-state index in [0.717, 1.165) is 38.5 Å². The average Bonchev–Trinajstić information content (AvgIpc) is 2.38. The van der Waals surface area contributed by atoms with E-state index in [-0.39, 0.29) is 0 Å². The zero-order valence-corrected chi connectivity index (χ0v) is 11.9. The summed E-state index contributed by atoms with van der Waals surface area (Å²) in [6, 6.07) is 0. The maximum atomic E-state index is 11.6. The molecule has 1 aliphatic carbocycles. The Hall–Kier alpha value is -1.06. The molecule has 0 spiro atoms. The van der Waals surface area contributed by atoms with Gasteiger partial charge in [0.1, 0.15) is 0 Å². The molecule has 1 fully saturated rings. The third kappa shape index (κ3) is 3.95. The summed E-state index contributed by atoms with van der Waals surface area (Å²) in [5, 5.41) is 18.8. The summed E-state index contributed by atoms with van der Waals surface area (Å²) >= 11 is 0. The van der Waals surface area contributed by atoms with Crippen molar-refractivity contribution in [3.05, 3.63) is 0 Å². The van der Waals surface area contributed by atoms with Crippen molar-refractivity contribution in [2.45, 2.75) is 71.1 Å². The smallest absolute Gasteiger partial charge is 0.310 e. The van der Waals surface area contributed by atoms with Gasteiger partial charge >= 0.3 is 11.9 Å². The van der Waals surface area contributed by atoms with Crippen molar-refractivity contribution < 1.29 is 19.8 Å². The van der Waals surface area contributed by atoms with Crippen molar-refractivity contribution in [1.82, 2.24) is 0 Å². The van der Waals surface area contributed by atoms with E-state index in [1.807, 2.05) is 0 Å². The highest BCUT2D eigenvalue weighted by Gasteiger charge is 2.50. The van der Waals surface area contributed by atoms with Crippen LogP contribution in [0.5, 0.6) is 0 Å². The van der Waals surface area contributed by atoms with E-state index in [0.29, 0.717) is 19.3 Å². The number of carboxylic acid groups (broad SMARTS) is 2. The molecular formula is C15H26O4. The second-order valence-corrected chi connectivity index (χ2v) is 5.76. The molecule has 4 heteroatoms. The van der Waals surface area contributed by atoms with E-state index in [2.05, 4.69) is 6.92 Å². The highest BCUT2D eigenvalue weighted by molar-refractivity contribution is 5.83. The summed E-state index contributed by atoms with van der Waals surface area (Å²) in [5.74, 6) is -2.55. The Kier molecular flexibility index (Phi) is 6.32. The highest BCUT2D eigenvalue weighted by atomic mass is 16.4. The molecule has 1 aliphatic rings. The van der Waals surface area contributed by atoms with Crippen LogP contribution < -0.4 is 0 Å². The molecule has 4 nitrogen and oxygen atoms in total. The zero-order valence-electron chi connectivity index (χ0n) is 11.9. The SMILES string of the molecule is CCCCCCCC1(C(=O)O)CCCCC1C(=O)O. The number of rotatable bonds is 8. The number of unbranched alkanes of at least 4 members (excludes halogenated alkanes) is 4. The van der Waals surface area contributed by atoms with E-state index in [1.165, 1.54) is 6.42 Å². The van der Waals surface area contributed by atoms with Crippen molar-refractivity contribution in [1.29, 1.82) is 0 Å². The van der Waals surface area contributed by atoms with Gasteiger partial charge in [-0.15, -0.1) is 0 Å². The summed E-state index contributed by atoms with van der Waals surface area (Å²) in [6.07, 6.45) is 8.50. The summed E-state index contributed by atoms with van der Waals surface area (Å²) in [4.78, 5) is 23.0. The van der Waals surface area contributed by atoms with Crippen LogP contribution in [0.1, 0.15) is 71.1 Å². The third-order valence-electron chi connectivity index (χ3n) is 4.48. The van der Waals surface area contributed by atoms with Gasteiger partial charge in [0.15, 0.2) is 0 Å². The van der Waals surface area contributed by atoms with Crippen LogP contribution in [0.2, 0.25) is 0 Å². The molecule has 1 saturated carbocycles. The second kappa shape index (κ2) is 7.51. The molecular weight excluding hydrogens is 244 g/mol. The van der Waals surface area contributed by atoms with Crippen molar-refractivity contribution in [3.63, 3.8) is 0 Å². The first-order chi connectivity index (χ1) is 9.04. The van der Waals surface area contributed by atoms with Crippen LogP contribution in [0.4, 0.5) is 0 Å². The van der Waals surface area contributed by atoms with Gasteiger partial charge in [0, 0.05) is 0 Å². The molecule has 0 bridgehead atoms. The number of carboxylic acids is 2. The Bertz CT molecular complexity index is 313. The summed E-state index contributed by atoms with van der Waals surface area (Å²) in [6.45, 7) is 2.14. The van der Waals surface area contributed by atoms with Gasteiger partial charge in [0.05, 0.1) is 11.3 Å². The maximum Gasteiger partial charge on any atom is 0.310 e. The van der Waals surface area contributed by atoms with Gasteiger partial charge < -0.3 is 10.2 Å². The fourth-order valence-electron chi connectivity index (χ4n) is 3.31. The minimum Gasteiger partial charge on any atom is -0.481 e. The molecule has 0 amide bonds. The van der Waals surface area contributed by atoms with Crippen LogP contribution >= 0.6 is 0 Å². The Labute approximate surface area is 115 Å². The molecule has 0 saturated heterocycles. The minimum absolute atomic E-state index is 0.511. The predicted molar refractivity (Wildman–Crippen MR) is 73.0 cm³/mol. The molecule has 2 atom stereocenters. The number of hydrogen-bond acceptors (Lipinski definition) is 2. The van der Waals surface area contributed by atoms with Crippen LogP contribution in [0, 0.1) is 11.3 Å². The van der Waals surface area contributed by atoms with Gasteiger partial charge in [-0.05, 0) is 19.3 Å². The first-order valence-electron chi connectivity index (χ1n) is 7.51. The molecule has 0 radical (unpaired) electrons. The highest BCUT2D eigenvalue weighted by Crippen LogP contribution is 2.45. The fraction of sp³-hybridized carbons (Fsp3) is 0.867.